The number of hydrazone groups is 1. The predicted octanol–water partition coefficient (Wildman–Crippen LogP) is 3.36. The van der Waals surface area contributed by atoms with Crippen LogP contribution in [0.4, 0.5) is 23.2 Å². The van der Waals surface area contributed by atoms with E-state index in [4.69, 9.17) is 16.3 Å². The fourth-order valence-corrected chi connectivity index (χ4v) is 5.35. The minimum Gasteiger partial charge on any atom is -0.505 e. The van der Waals surface area contributed by atoms with E-state index in [-0.39, 0.29) is 46.4 Å². The molecule has 11 nitrogen and oxygen atoms in total. The van der Waals surface area contributed by atoms with Crippen LogP contribution in [0.1, 0.15) is 29.4 Å². The zero-order valence-corrected chi connectivity index (χ0v) is 23.7. The second-order valence-corrected chi connectivity index (χ2v) is 10.2. The molecule has 1 spiro atoms. The number of amides is 3. The van der Waals surface area contributed by atoms with Crippen molar-refractivity contribution in [2.45, 2.75) is 37.4 Å². The number of halogens is 5. The highest BCUT2D eigenvalue weighted by atomic mass is 35.5. The van der Waals surface area contributed by atoms with Gasteiger partial charge in [0.2, 0.25) is 5.91 Å². The number of rotatable bonds is 7. The number of benzene rings is 1. The molecule has 0 aliphatic carbocycles. The van der Waals surface area contributed by atoms with Gasteiger partial charge in [0.25, 0.3) is 11.8 Å². The Labute approximate surface area is 248 Å². The maximum Gasteiger partial charge on any atom is 0.416 e. The number of hydrogen-bond acceptors (Lipinski definition) is 8. The molecule has 16 heteroatoms. The molecule has 3 atom stereocenters. The summed E-state index contributed by atoms with van der Waals surface area (Å²) in [5, 5.41) is 19.1. The van der Waals surface area contributed by atoms with E-state index in [0.29, 0.717) is 11.1 Å². The Kier molecular flexibility index (Phi) is 8.97. The van der Waals surface area contributed by atoms with Crippen LogP contribution in [0.25, 0.3) is 0 Å². The largest absolute Gasteiger partial charge is 0.505 e. The van der Waals surface area contributed by atoms with Crippen molar-refractivity contribution in [1.29, 1.82) is 0 Å². The summed E-state index contributed by atoms with van der Waals surface area (Å²) in [4.78, 5) is 44.5. The number of nitrogens with zero attached hydrogens (tertiary/aromatic N) is 4. The van der Waals surface area contributed by atoms with E-state index in [0.717, 1.165) is 17.0 Å². The highest BCUT2D eigenvalue weighted by Crippen LogP contribution is 2.45. The van der Waals surface area contributed by atoms with Gasteiger partial charge in [-0.05, 0) is 37.3 Å². The molecule has 2 aliphatic rings. The van der Waals surface area contributed by atoms with Gasteiger partial charge in [0.15, 0.2) is 11.9 Å². The smallest absolute Gasteiger partial charge is 0.416 e. The van der Waals surface area contributed by atoms with Gasteiger partial charge in [0.05, 0.1) is 40.2 Å². The van der Waals surface area contributed by atoms with E-state index < -0.39 is 60.4 Å². The molecular weight excluding hydrogens is 600 g/mol. The van der Waals surface area contributed by atoms with Crippen molar-refractivity contribution in [2.75, 3.05) is 32.0 Å². The molecule has 0 bridgehead atoms. The van der Waals surface area contributed by atoms with E-state index in [2.05, 4.69) is 27.4 Å². The van der Waals surface area contributed by atoms with Gasteiger partial charge in [-0.3, -0.25) is 14.4 Å². The molecule has 1 aromatic heterocycles. The number of pyridine rings is 1. The Bertz CT molecular complexity index is 1490. The quantitative estimate of drug-likeness (QED) is 0.244. The van der Waals surface area contributed by atoms with Gasteiger partial charge >= 0.3 is 6.18 Å². The third-order valence-corrected chi connectivity index (χ3v) is 7.47. The van der Waals surface area contributed by atoms with Crippen molar-refractivity contribution in [1.82, 2.24) is 20.2 Å². The van der Waals surface area contributed by atoms with Crippen LogP contribution in [-0.2, 0) is 20.5 Å². The first kappa shape index (κ1) is 31.7. The number of alkyl halides is 4. The third-order valence-electron chi connectivity index (χ3n) is 7.15. The van der Waals surface area contributed by atoms with Crippen molar-refractivity contribution in [3.63, 3.8) is 0 Å². The van der Waals surface area contributed by atoms with Crippen molar-refractivity contribution in [3.8, 4) is 5.75 Å². The Hall–Kier alpha value is -4.24. The second kappa shape index (κ2) is 12.2. The fraction of sp³-hybridized carbons (Fsp3) is 0.370. The first-order valence-corrected chi connectivity index (χ1v) is 13.2. The highest BCUT2D eigenvalue weighted by molar-refractivity contribution is 6.33. The molecule has 1 aromatic carbocycles. The molecule has 2 aliphatic heterocycles. The molecule has 1 fully saturated rings. The number of anilines is 1. The summed E-state index contributed by atoms with van der Waals surface area (Å²) >= 11 is 5.91. The molecule has 3 amide bonds. The summed E-state index contributed by atoms with van der Waals surface area (Å²) in [5.74, 6) is -2.87. The summed E-state index contributed by atoms with van der Waals surface area (Å²) in [5.41, 5.74) is -3.16. The van der Waals surface area contributed by atoms with Crippen LogP contribution < -0.4 is 10.6 Å². The summed E-state index contributed by atoms with van der Waals surface area (Å²) in [7, 11) is 1.50. The second-order valence-electron chi connectivity index (χ2n) is 9.77. The Morgan fingerprint density at radius 2 is 2.05 bits per heavy atom. The zero-order chi connectivity index (χ0) is 31.7. The van der Waals surface area contributed by atoms with E-state index in [1.165, 1.54) is 25.4 Å². The number of likely N-dealkylation sites (N-methyl/N-ethyl adjacent to an activating group) is 1. The number of hydrogen-bond donors (Lipinski definition) is 3. The monoisotopic (exact) mass is 626 g/mol. The first-order chi connectivity index (χ1) is 20.2. The van der Waals surface area contributed by atoms with E-state index in [1.54, 1.807) is 6.92 Å². The van der Waals surface area contributed by atoms with Crippen molar-refractivity contribution >= 4 is 41.7 Å². The lowest BCUT2D eigenvalue weighted by Crippen LogP contribution is -2.58. The lowest BCUT2D eigenvalue weighted by molar-refractivity contribution is -0.139. The topological polar surface area (TPSA) is 136 Å². The highest BCUT2D eigenvalue weighted by Gasteiger charge is 2.57. The van der Waals surface area contributed by atoms with E-state index in [1.807, 2.05) is 0 Å². The molecule has 4 rings (SSSR count). The normalized spacial score (nSPS) is 22.0. The average molecular weight is 627 g/mol. The number of carbonyl (C=O) groups excluding carboxylic acids is 3. The van der Waals surface area contributed by atoms with Crippen LogP contribution in [0, 0.1) is 0 Å². The molecule has 1 saturated heterocycles. The number of ether oxygens (including phenoxy) is 1. The summed E-state index contributed by atoms with van der Waals surface area (Å²) in [6, 6.07) is 5.05. The molecular formula is C27H27ClF4N6O5. The van der Waals surface area contributed by atoms with Crippen LogP contribution in [0.15, 0.2) is 52.9 Å². The summed E-state index contributed by atoms with van der Waals surface area (Å²) in [6.45, 7) is 3.62. The molecule has 230 valence electrons. The van der Waals surface area contributed by atoms with E-state index in [9.17, 15) is 32.7 Å². The molecule has 0 saturated carbocycles. The van der Waals surface area contributed by atoms with Gasteiger partial charge in [-0.15, -0.1) is 0 Å². The molecule has 2 aromatic rings. The number of aromatic hydroxyl groups is 1. The van der Waals surface area contributed by atoms with Crippen molar-refractivity contribution in [2.24, 2.45) is 5.10 Å². The molecule has 3 unspecified atom stereocenters. The standard InChI is InChI=1S/C27H27ClF4N6O5/c1-14-22(33-2)21(26(43-14)8-10-37(12-19(26)29)25(42)23-18(39)5-4-9-35-23)24(41)38(34-3)13-20(40)36-17-7-6-15(11-16(17)28)27(30,31)32/h4-7,9,11,14,19,33,39H,3,8,10,12-13H2,1-2H3,(H,36,40). The van der Waals surface area contributed by atoms with Gasteiger partial charge in [0, 0.05) is 32.9 Å². The average Bonchev–Trinajstić information content (AvgIpc) is 3.24. The number of nitrogens with one attached hydrogen (secondary N) is 2. The van der Waals surface area contributed by atoms with Crippen molar-refractivity contribution in [3.05, 3.63) is 64.1 Å². The Balaban J connectivity index is 1.54. The zero-order valence-electron chi connectivity index (χ0n) is 22.9. The minimum atomic E-state index is -4.64. The molecule has 0 radical (unpaired) electrons. The molecule has 3 N–H and O–H groups in total. The van der Waals surface area contributed by atoms with Gasteiger partial charge in [-0.1, -0.05) is 11.6 Å². The maximum absolute atomic E-state index is 16.1. The van der Waals surface area contributed by atoms with Crippen LogP contribution in [-0.4, -0.2) is 89.0 Å². The van der Waals surface area contributed by atoms with Gasteiger partial charge in [-0.2, -0.15) is 18.3 Å². The number of piperidine rings is 1. The predicted molar refractivity (Wildman–Crippen MR) is 147 cm³/mol. The van der Waals surface area contributed by atoms with E-state index >= 15 is 4.39 Å². The minimum absolute atomic E-state index is 0.0653. The number of carbonyl (C=O) groups is 3. The fourth-order valence-electron chi connectivity index (χ4n) is 5.12. The summed E-state index contributed by atoms with van der Waals surface area (Å²) < 4.78 is 61.0. The Morgan fingerprint density at radius 3 is 2.63 bits per heavy atom. The maximum atomic E-state index is 16.1. The van der Waals surface area contributed by atoms with Gasteiger partial charge in [0.1, 0.15) is 17.9 Å². The first-order valence-electron chi connectivity index (χ1n) is 12.9. The number of aromatic nitrogens is 1. The molecule has 43 heavy (non-hydrogen) atoms. The van der Waals surface area contributed by atoms with Crippen LogP contribution >= 0.6 is 11.6 Å². The van der Waals surface area contributed by atoms with Crippen LogP contribution in [0.2, 0.25) is 5.02 Å². The Morgan fingerprint density at radius 1 is 1.33 bits per heavy atom. The number of likely N-dealkylation sites (tertiary alicyclic amines) is 1. The van der Waals surface area contributed by atoms with Crippen molar-refractivity contribution < 1.29 is 41.8 Å². The lowest BCUT2D eigenvalue weighted by atomic mass is 9.81. The van der Waals surface area contributed by atoms with Crippen LogP contribution in [0.3, 0.4) is 0 Å². The summed E-state index contributed by atoms with van der Waals surface area (Å²) in [6.07, 6.45) is -6.20. The lowest BCUT2D eigenvalue weighted by Gasteiger charge is -2.43. The van der Waals surface area contributed by atoms with Gasteiger partial charge < -0.3 is 25.4 Å². The van der Waals surface area contributed by atoms with Gasteiger partial charge in [-0.25, -0.2) is 14.4 Å². The van der Waals surface area contributed by atoms with Crippen LogP contribution in [0.5, 0.6) is 5.75 Å². The third kappa shape index (κ3) is 6.13. The molecule has 3 heterocycles. The SMILES string of the molecule is C=NN(CC(=O)Nc1ccc(C(F)(F)F)cc1Cl)C(=O)C1=C(NC)C(C)OC12CCN(C(=O)c1ncccc1O)CC2F.